The minimum Gasteiger partial charge on any atom is -0.287 e. The van der Waals surface area contributed by atoms with Crippen LogP contribution >= 0.6 is 11.8 Å². The van der Waals surface area contributed by atoms with Crippen LogP contribution < -0.4 is 11.2 Å². The number of nitrogens with zero attached hydrogens (tertiary/aromatic N) is 2. The van der Waals surface area contributed by atoms with Gasteiger partial charge in [0.2, 0.25) is 0 Å². The molecule has 0 radical (unpaired) electrons. The molecular formula is C13H19N3O2S. The Balaban J connectivity index is 2.91. The highest BCUT2D eigenvalue weighted by molar-refractivity contribution is 7.98. The first-order valence-corrected chi connectivity index (χ1v) is 7.69. The molecule has 1 rings (SSSR count). The third kappa shape index (κ3) is 4.00. The fourth-order valence-corrected chi connectivity index (χ4v) is 2.68. The first-order valence-electron chi connectivity index (χ1n) is 6.46. The Morgan fingerprint density at radius 3 is 2.53 bits per heavy atom. The lowest BCUT2D eigenvalue weighted by Crippen LogP contribution is -2.33. The normalized spacial score (nSPS) is 10.4. The van der Waals surface area contributed by atoms with Crippen molar-refractivity contribution in [1.82, 2.24) is 9.55 Å². The topological polar surface area (TPSA) is 78.7 Å². The number of hydrogen-bond donors (Lipinski definition) is 1. The van der Waals surface area contributed by atoms with Gasteiger partial charge in [0, 0.05) is 6.54 Å². The van der Waals surface area contributed by atoms with Crippen LogP contribution in [0.5, 0.6) is 0 Å². The first kappa shape index (κ1) is 15.6. The van der Waals surface area contributed by atoms with Crippen LogP contribution in [0.1, 0.15) is 44.6 Å². The molecule has 0 amide bonds. The average Bonchev–Trinajstić information content (AvgIpc) is 2.39. The van der Waals surface area contributed by atoms with Gasteiger partial charge in [0.05, 0.1) is 0 Å². The van der Waals surface area contributed by atoms with Crippen LogP contribution in [0.25, 0.3) is 0 Å². The summed E-state index contributed by atoms with van der Waals surface area (Å²) in [6.07, 6.45) is 7.21. The third-order valence-electron chi connectivity index (χ3n) is 2.94. The molecule has 1 aromatic rings. The molecule has 5 nitrogen and oxygen atoms in total. The Bertz CT molecular complexity index is 569. The van der Waals surface area contributed by atoms with Crippen molar-refractivity contribution in [3.63, 3.8) is 0 Å². The zero-order chi connectivity index (χ0) is 14.3. The second kappa shape index (κ2) is 7.85. The van der Waals surface area contributed by atoms with Crippen LogP contribution in [0.2, 0.25) is 0 Å². The third-order valence-corrected chi connectivity index (χ3v) is 3.75. The van der Waals surface area contributed by atoms with Gasteiger partial charge in [-0.1, -0.05) is 32.6 Å². The van der Waals surface area contributed by atoms with E-state index >= 15 is 0 Å². The van der Waals surface area contributed by atoms with Gasteiger partial charge in [0.25, 0.3) is 5.56 Å². The van der Waals surface area contributed by atoms with Crippen molar-refractivity contribution in [1.29, 1.82) is 5.26 Å². The van der Waals surface area contributed by atoms with E-state index in [0.717, 1.165) is 19.3 Å². The standard InChI is InChI=1S/C13H19N3O2S/c1-3-4-5-6-7-8-16-12(19-2)10(9-14)11(17)15-13(16)18/h3-8H2,1-2H3,(H,15,17,18). The van der Waals surface area contributed by atoms with E-state index in [2.05, 4.69) is 11.9 Å². The summed E-state index contributed by atoms with van der Waals surface area (Å²) in [6, 6.07) is 1.87. The number of H-pyrrole nitrogens is 1. The summed E-state index contributed by atoms with van der Waals surface area (Å²) in [7, 11) is 0. The van der Waals surface area contributed by atoms with Crippen LogP contribution in [-0.2, 0) is 6.54 Å². The van der Waals surface area contributed by atoms with Crippen LogP contribution in [0.4, 0.5) is 0 Å². The Labute approximate surface area is 116 Å². The molecule has 1 aromatic heterocycles. The smallest absolute Gasteiger partial charge is 0.287 e. The minimum absolute atomic E-state index is 0.0284. The fraction of sp³-hybridized carbons (Fsp3) is 0.615. The van der Waals surface area contributed by atoms with Crippen molar-refractivity contribution in [3.8, 4) is 6.07 Å². The van der Waals surface area contributed by atoms with Gasteiger partial charge in [0.1, 0.15) is 16.7 Å². The van der Waals surface area contributed by atoms with E-state index in [1.165, 1.54) is 29.2 Å². The van der Waals surface area contributed by atoms with Crippen molar-refractivity contribution >= 4 is 11.8 Å². The number of rotatable bonds is 7. The van der Waals surface area contributed by atoms with Gasteiger partial charge in [-0.05, 0) is 12.7 Å². The Hall–Kier alpha value is -1.48. The molecular weight excluding hydrogens is 262 g/mol. The Morgan fingerprint density at radius 1 is 1.26 bits per heavy atom. The molecule has 6 heteroatoms. The Kier molecular flexibility index (Phi) is 6.43. The number of aromatic amines is 1. The monoisotopic (exact) mass is 281 g/mol. The molecule has 0 aliphatic rings. The lowest BCUT2D eigenvalue weighted by Gasteiger charge is -2.11. The molecule has 0 atom stereocenters. The van der Waals surface area contributed by atoms with Crippen LogP contribution in [0, 0.1) is 11.3 Å². The fourth-order valence-electron chi connectivity index (χ4n) is 1.94. The number of aromatic nitrogens is 2. The van der Waals surface area contributed by atoms with Crippen molar-refractivity contribution in [2.24, 2.45) is 0 Å². The van der Waals surface area contributed by atoms with E-state index in [0.29, 0.717) is 11.6 Å². The zero-order valence-electron chi connectivity index (χ0n) is 11.4. The van der Waals surface area contributed by atoms with E-state index in [4.69, 9.17) is 5.26 Å². The molecule has 0 saturated carbocycles. The second-order valence-corrected chi connectivity index (χ2v) is 5.12. The summed E-state index contributed by atoms with van der Waals surface area (Å²) in [6.45, 7) is 2.70. The zero-order valence-corrected chi connectivity index (χ0v) is 12.2. The number of nitriles is 1. The molecule has 0 fully saturated rings. The lowest BCUT2D eigenvalue weighted by atomic mass is 10.1. The maximum absolute atomic E-state index is 11.8. The summed E-state index contributed by atoms with van der Waals surface area (Å²) < 4.78 is 1.50. The molecule has 0 aliphatic carbocycles. The van der Waals surface area contributed by atoms with Crippen molar-refractivity contribution < 1.29 is 0 Å². The molecule has 0 spiro atoms. The summed E-state index contributed by atoms with van der Waals surface area (Å²) in [5.74, 6) is 0. The van der Waals surface area contributed by atoms with Gasteiger partial charge in [0.15, 0.2) is 0 Å². The quantitative estimate of drug-likeness (QED) is 0.471. The highest BCUT2D eigenvalue weighted by atomic mass is 32.2. The lowest BCUT2D eigenvalue weighted by molar-refractivity contribution is 0.521. The predicted octanol–water partition coefficient (Wildman–Crippen LogP) is 2.10. The maximum Gasteiger partial charge on any atom is 0.329 e. The average molecular weight is 281 g/mol. The van der Waals surface area contributed by atoms with Gasteiger partial charge in [-0.15, -0.1) is 11.8 Å². The van der Waals surface area contributed by atoms with Gasteiger partial charge < -0.3 is 0 Å². The second-order valence-electron chi connectivity index (χ2n) is 4.32. The Morgan fingerprint density at radius 2 is 1.95 bits per heavy atom. The van der Waals surface area contributed by atoms with E-state index in [1.807, 2.05) is 6.07 Å². The maximum atomic E-state index is 11.8. The van der Waals surface area contributed by atoms with Gasteiger partial charge in [-0.25, -0.2) is 4.79 Å². The highest BCUT2D eigenvalue weighted by Crippen LogP contribution is 2.16. The van der Waals surface area contributed by atoms with Gasteiger partial charge in [-0.3, -0.25) is 14.3 Å². The van der Waals surface area contributed by atoms with Crippen LogP contribution in [0.3, 0.4) is 0 Å². The van der Waals surface area contributed by atoms with Gasteiger partial charge >= 0.3 is 5.69 Å². The number of hydrogen-bond acceptors (Lipinski definition) is 4. The van der Waals surface area contributed by atoms with Crippen molar-refractivity contribution in [3.05, 3.63) is 26.4 Å². The number of unbranched alkanes of at least 4 members (excludes halogenated alkanes) is 4. The summed E-state index contributed by atoms with van der Waals surface area (Å²) in [4.78, 5) is 25.5. The molecule has 104 valence electrons. The summed E-state index contributed by atoms with van der Waals surface area (Å²) in [5, 5.41) is 9.45. The van der Waals surface area contributed by atoms with E-state index in [1.54, 1.807) is 6.26 Å². The molecule has 1 heterocycles. The van der Waals surface area contributed by atoms with E-state index < -0.39 is 11.2 Å². The summed E-state index contributed by atoms with van der Waals surface area (Å²) in [5.41, 5.74) is -0.997. The molecule has 0 unspecified atom stereocenters. The molecule has 0 saturated heterocycles. The molecule has 0 bridgehead atoms. The molecule has 1 N–H and O–H groups in total. The predicted molar refractivity (Wildman–Crippen MR) is 76.6 cm³/mol. The first-order chi connectivity index (χ1) is 9.15. The van der Waals surface area contributed by atoms with Gasteiger partial charge in [-0.2, -0.15) is 5.26 Å². The molecule has 0 aromatic carbocycles. The SMILES string of the molecule is CCCCCCCn1c(SC)c(C#N)c(=O)[nH]c1=O. The van der Waals surface area contributed by atoms with Crippen molar-refractivity contribution in [2.45, 2.75) is 50.6 Å². The molecule has 0 aliphatic heterocycles. The van der Waals surface area contributed by atoms with Crippen LogP contribution in [-0.4, -0.2) is 15.8 Å². The highest BCUT2D eigenvalue weighted by Gasteiger charge is 2.13. The number of nitrogens with one attached hydrogen (secondary N) is 1. The summed E-state index contributed by atoms with van der Waals surface area (Å²) >= 11 is 1.26. The van der Waals surface area contributed by atoms with E-state index in [9.17, 15) is 9.59 Å². The number of thioether (sulfide) groups is 1. The largest absolute Gasteiger partial charge is 0.329 e. The molecule has 19 heavy (non-hydrogen) atoms. The van der Waals surface area contributed by atoms with Crippen molar-refractivity contribution in [2.75, 3.05) is 6.26 Å². The minimum atomic E-state index is -0.598. The van der Waals surface area contributed by atoms with E-state index in [-0.39, 0.29) is 5.56 Å². The van der Waals surface area contributed by atoms with Crippen LogP contribution in [0.15, 0.2) is 14.6 Å².